The lowest BCUT2D eigenvalue weighted by Crippen LogP contribution is -2.37. The molecule has 0 radical (unpaired) electrons. The number of nitrogens with zero attached hydrogens (tertiary/aromatic N) is 2. The third-order valence-corrected chi connectivity index (χ3v) is 2.58. The molecular formula is C11H21N5O. The minimum Gasteiger partial charge on any atom is -0.391 e. The molecule has 0 fully saturated rings. The van der Waals surface area contributed by atoms with E-state index in [0.717, 1.165) is 6.54 Å². The highest BCUT2D eigenvalue weighted by atomic mass is 16.1. The number of rotatable bonds is 5. The number of nitrogens with one attached hydrogen (secondary N) is 2. The van der Waals surface area contributed by atoms with E-state index in [-0.39, 0.29) is 17.3 Å². The van der Waals surface area contributed by atoms with Crippen LogP contribution < -0.4 is 16.6 Å². The van der Waals surface area contributed by atoms with Gasteiger partial charge in [0.2, 0.25) is 0 Å². The predicted octanol–water partition coefficient (Wildman–Crippen LogP) is 0.350. The van der Waals surface area contributed by atoms with Crippen molar-refractivity contribution >= 4 is 11.5 Å². The molecule has 0 aromatic carbocycles. The summed E-state index contributed by atoms with van der Waals surface area (Å²) in [6.45, 7) is 5.08. The van der Waals surface area contributed by atoms with Crippen molar-refractivity contribution in [2.75, 3.05) is 31.7 Å². The standard InChI is InChI=1S/C11H21N5O/c1-7(2)8(5-16(3)4)15-10-9(12)11(17)14-6-13-10/h6-8H,5,12H2,1-4H3,(H2,13,14,15,17). The molecule has 0 aliphatic heterocycles. The molecule has 6 heteroatoms. The maximum absolute atomic E-state index is 11.3. The number of aromatic nitrogens is 2. The third-order valence-electron chi connectivity index (χ3n) is 2.58. The maximum atomic E-state index is 11.3. The van der Waals surface area contributed by atoms with E-state index in [2.05, 4.69) is 34.0 Å². The Morgan fingerprint density at radius 1 is 1.53 bits per heavy atom. The van der Waals surface area contributed by atoms with E-state index in [1.807, 2.05) is 14.1 Å². The van der Waals surface area contributed by atoms with Gasteiger partial charge in [-0.2, -0.15) is 0 Å². The van der Waals surface area contributed by atoms with Crippen molar-refractivity contribution in [2.24, 2.45) is 5.92 Å². The Balaban J connectivity index is 2.86. The molecule has 1 atom stereocenters. The monoisotopic (exact) mass is 239 g/mol. The van der Waals surface area contributed by atoms with Crippen molar-refractivity contribution in [3.05, 3.63) is 16.7 Å². The summed E-state index contributed by atoms with van der Waals surface area (Å²) in [6, 6.07) is 0.196. The molecule has 1 aromatic heterocycles. The van der Waals surface area contributed by atoms with Crippen molar-refractivity contribution in [1.82, 2.24) is 14.9 Å². The SMILES string of the molecule is CC(C)C(CN(C)C)Nc1nc[nH]c(=O)c1N. The van der Waals surface area contributed by atoms with Gasteiger partial charge in [-0.25, -0.2) is 4.98 Å². The summed E-state index contributed by atoms with van der Waals surface area (Å²) in [5, 5.41) is 3.22. The van der Waals surface area contributed by atoms with Gasteiger partial charge in [-0.15, -0.1) is 0 Å². The first-order chi connectivity index (χ1) is 7.91. The van der Waals surface area contributed by atoms with Crippen molar-refractivity contribution in [2.45, 2.75) is 19.9 Å². The Morgan fingerprint density at radius 2 is 2.18 bits per heavy atom. The van der Waals surface area contributed by atoms with Crippen LogP contribution in [0.1, 0.15) is 13.8 Å². The van der Waals surface area contributed by atoms with Gasteiger partial charge in [0.05, 0.1) is 6.33 Å². The van der Waals surface area contributed by atoms with Crippen LogP contribution in [0.2, 0.25) is 0 Å². The molecule has 1 aromatic rings. The molecule has 1 heterocycles. The average molecular weight is 239 g/mol. The van der Waals surface area contributed by atoms with Crippen molar-refractivity contribution in [3.63, 3.8) is 0 Å². The number of hydrogen-bond donors (Lipinski definition) is 3. The number of nitrogen functional groups attached to an aromatic ring is 1. The molecule has 0 saturated heterocycles. The smallest absolute Gasteiger partial charge is 0.276 e. The number of likely N-dealkylation sites (N-methyl/N-ethyl adjacent to an activating group) is 1. The van der Waals surface area contributed by atoms with Crippen LogP contribution >= 0.6 is 0 Å². The lowest BCUT2D eigenvalue weighted by molar-refractivity contribution is 0.344. The first-order valence-electron chi connectivity index (χ1n) is 5.66. The molecule has 6 nitrogen and oxygen atoms in total. The summed E-state index contributed by atoms with van der Waals surface area (Å²) in [5.41, 5.74) is 5.51. The lowest BCUT2D eigenvalue weighted by Gasteiger charge is -2.26. The molecule has 96 valence electrons. The van der Waals surface area contributed by atoms with E-state index in [1.54, 1.807) is 0 Å². The molecule has 0 aliphatic carbocycles. The van der Waals surface area contributed by atoms with Gasteiger partial charge in [0.15, 0.2) is 5.82 Å². The molecule has 17 heavy (non-hydrogen) atoms. The second-order valence-corrected chi connectivity index (χ2v) is 4.75. The van der Waals surface area contributed by atoms with Crippen LogP contribution in [0, 0.1) is 5.92 Å². The molecule has 0 spiro atoms. The Bertz CT molecular complexity index is 413. The van der Waals surface area contributed by atoms with E-state index in [4.69, 9.17) is 5.73 Å². The second-order valence-electron chi connectivity index (χ2n) is 4.75. The van der Waals surface area contributed by atoms with Gasteiger partial charge in [-0.3, -0.25) is 4.79 Å². The Kier molecular flexibility index (Phi) is 4.51. The number of H-pyrrole nitrogens is 1. The summed E-state index contributed by atoms with van der Waals surface area (Å²) in [7, 11) is 4.01. The van der Waals surface area contributed by atoms with Gasteiger partial charge in [-0.05, 0) is 20.0 Å². The van der Waals surface area contributed by atoms with Crippen LogP contribution in [0.4, 0.5) is 11.5 Å². The van der Waals surface area contributed by atoms with E-state index >= 15 is 0 Å². The van der Waals surface area contributed by atoms with Crippen LogP contribution in [0.3, 0.4) is 0 Å². The molecule has 1 rings (SSSR count). The average Bonchev–Trinajstić information content (AvgIpc) is 2.22. The highest BCUT2D eigenvalue weighted by Crippen LogP contribution is 2.13. The number of anilines is 2. The maximum Gasteiger partial charge on any atom is 0.276 e. The second kappa shape index (κ2) is 5.67. The van der Waals surface area contributed by atoms with Crippen LogP contribution in [0.5, 0.6) is 0 Å². The lowest BCUT2D eigenvalue weighted by atomic mass is 10.0. The van der Waals surface area contributed by atoms with Gasteiger partial charge >= 0.3 is 0 Å². The minimum atomic E-state index is -0.310. The van der Waals surface area contributed by atoms with Crippen LogP contribution in [0.15, 0.2) is 11.1 Å². The quantitative estimate of drug-likeness (QED) is 0.690. The fourth-order valence-electron chi connectivity index (χ4n) is 1.52. The van der Waals surface area contributed by atoms with E-state index in [9.17, 15) is 4.79 Å². The number of nitrogens with two attached hydrogens (primary N) is 1. The summed E-state index contributed by atoms with van der Waals surface area (Å²) in [4.78, 5) is 19.9. The highest BCUT2D eigenvalue weighted by molar-refractivity contribution is 5.59. The third kappa shape index (κ3) is 3.74. The number of aromatic amines is 1. The summed E-state index contributed by atoms with van der Waals surface area (Å²) < 4.78 is 0. The zero-order valence-corrected chi connectivity index (χ0v) is 10.8. The molecule has 0 aliphatic rings. The van der Waals surface area contributed by atoms with Crippen molar-refractivity contribution in [3.8, 4) is 0 Å². The zero-order chi connectivity index (χ0) is 13.0. The molecular weight excluding hydrogens is 218 g/mol. The zero-order valence-electron chi connectivity index (χ0n) is 10.8. The van der Waals surface area contributed by atoms with E-state index in [1.165, 1.54) is 6.33 Å². The van der Waals surface area contributed by atoms with Gasteiger partial charge in [0.1, 0.15) is 5.69 Å². The topological polar surface area (TPSA) is 87.0 Å². The first kappa shape index (κ1) is 13.5. The van der Waals surface area contributed by atoms with Crippen LogP contribution in [-0.4, -0.2) is 41.5 Å². The number of hydrogen-bond acceptors (Lipinski definition) is 5. The summed E-state index contributed by atoms with van der Waals surface area (Å²) in [5.74, 6) is 0.868. The fourth-order valence-corrected chi connectivity index (χ4v) is 1.52. The Labute approximate surface area is 101 Å². The molecule has 0 bridgehead atoms. The normalized spacial score (nSPS) is 13.1. The first-order valence-corrected chi connectivity index (χ1v) is 5.66. The van der Waals surface area contributed by atoms with Gasteiger partial charge in [0.25, 0.3) is 5.56 Å². The Hall–Kier alpha value is -1.56. The van der Waals surface area contributed by atoms with Gasteiger partial charge in [-0.1, -0.05) is 13.8 Å². The van der Waals surface area contributed by atoms with Gasteiger partial charge < -0.3 is 20.9 Å². The molecule has 1 unspecified atom stereocenters. The minimum absolute atomic E-state index is 0.136. The van der Waals surface area contributed by atoms with E-state index in [0.29, 0.717) is 11.7 Å². The predicted molar refractivity (Wildman–Crippen MR) is 70.1 cm³/mol. The summed E-state index contributed by atoms with van der Waals surface area (Å²) in [6.07, 6.45) is 1.36. The van der Waals surface area contributed by atoms with Crippen molar-refractivity contribution in [1.29, 1.82) is 0 Å². The van der Waals surface area contributed by atoms with E-state index < -0.39 is 0 Å². The highest BCUT2D eigenvalue weighted by Gasteiger charge is 2.16. The fraction of sp³-hybridized carbons (Fsp3) is 0.636. The molecule has 4 N–H and O–H groups in total. The summed E-state index contributed by atoms with van der Waals surface area (Å²) >= 11 is 0. The van der Waals surface area contributed by atoms with Crippen LogP contribution in [-0.2, 0) is 0 Å². The van der Waals surface area contributed by atoms with Crippen molar-refractivity contribution < 1.29 is 0 Å². The largest absolute Gasteiger partial charge is 0.391 e. The molecule has 0 saturated carbocycles. The van der Waals surface area contributed by atoms with Crippen LogP contribution in [0.25, 0.3) is 0 Å². The Morgan fingerprint density at radius 3 is 2.71 bits per heavy atom. The van der Waals surface area contributed by atoms with Gasteiger partial charge in [0, 0.05) is 12.6 Å². The molecule has 0 amide bonds.